The van der Waals surface area contributed by atoms with E-state index in [1.54, 1.807) is 27.7 Å². The smallest absolute Gasteiger partial charge is 0.432 e. The summed E-state index contributed by atoms with van der Waals surface area (Å²) in [6, 6.07) is 0. The Labute approximate surface area is 127 Å². The van der Waals surface area contributed by atoms with Crippen molar-refractivity contribution in [3.8, 4) is 0 Å². The highest BCUT2D eigenvalue weighted by Crippen LogP contribution is 2.13. The minimum Gasteiger partial charge on any atom is -0.463 e. The number of aliphatic hydroxyl groups excluding tert-OH is 1. The van der Waals surface area contributed by atoms with E-state index < -0.39 is 10.3 Å². The van der Waals surface area contributed by atoms with Crippen LogP contribution in [0.3, 0.4) is 0 Å². The monoisotopic (exact) mass is 326 g/mol. The fourth-order valence-corrected chi connectivity index (χ4v) is 2.61. The van der Waals surface area contributed by atoms with Crippen molar-refractivity contribution in [2.75, 3.05) is 32.8 Å². The molecule has 0 heterocycles. The first kappa shape index (κ1) is 22.3. The Kier molecular flexibility index (Phi) is 11.4. The van der Waals surface area contributed by atoms with Gasteiger partial charge in [-0.25, -0.2) is 9.35 Å². The van der Waals surface area contributed by atoms with Gasteiger partial charge in [0.1, 0.15) is 0 Å². The summed E-state index contributed by atoms with van der Waals surface area (Å²) in [4.78, 5) is 10.4. The number of quaternary nitrogens is 1. The van der Waals surface area contributed by atoms with E-state index in [1.807, 2.05) is 0 Å². The average Bonchev–Trinajstić information content (AvgIpc) is 2.40. The standard InChI is InChI=1S/C7H17NO4S.C6H10O2/c1-3-8(4-2,6-5-7-9)13(10,11)12;1-4-8-6(7)5(2)3/h9H,3-7H2,1-2H3;2,4H2,1,3H3/p+1. The molecular weight excluding hydrogens is 298 g/mol. The summed E-state index contributed by atoms with van der Waals surface area (Å²) in [6.45, 7) is 11.4. The third-order valence-corrected chi connectivity index (χ3v) is 4.67. The van der Waals surface area contributed by atoms with E-state index >= 15 is 0 Å². The van der Waals surface area contributed by atoms with E-state index in [9.17, 15) is 13.2 Å². The predicted octanol–water partition coefficient (Wildman–Crippen LogP) is 1.15. The summed E-state index contributed by atoms with van der Waals surface area (Å²) in [7, 11) is -4.07. The van der Waals surface area contributed by atoms with Gasteiger partial charge in [0, 0.05) is 18.6 Å². The lowest BCUT2D eigenvalue weighted by Gasteiger charge is -2.31. The normalized spacial score (nSPS) is 11.3. The summed E-state index contributed by atoms with van der Waals surface area (Å²) >= 11 is 0. The van der Waals surface area contributed by atoms with E-state index in [4.69, 9.17) is 9.66 Å². The molecular formula is C13H28NO6S+. The van der Waals surface area contributed by atoms with Gasteiger partial charge in [0.05, 0.1) is 26.2 Å². The Balaban J connectivity index is 0. The molecule has 0 aliphatic rings. The van der Waals surface area contributed by atoms with Crippen molar-refractivity contribution in [3.63, 3.8) is 0 Å². The quantitative estimate of drug-likeness (QED) is 0.300. The number of hydrogen-bond donors (Lipinski definition) is 2. The maximum Gasteiger partial charge on any atom is 0.432 e. The van der Waals surface area contributed by atoms with Crippen molar-refractivity contribution in [1.82, 2.24) is 0 Å². The average molecular weight is 326 g/mol. The highest BCUT2D eigenvalue weighted by atomic mass is 32.2. The predicted molar refractivity (Wildman–Crippen MR) is 80.9 cm³/mol. The molecule has 0 aliphatic carbocycles. The number of nitrogens with zero attached hydrogens (tertiary/aromatic N) is 1. The molecule has 126 valence electrons. The number of carbonyl (C=O) groups excluding carboxylic acids is 1. The minimum atomic E-state index is -4.07. The fourth-order valence-electron chi connectivity index (χ4n) is 1.59. The molecule has 0 saturated carbocycles. The number of aliphatic hydroxyl groups is 1. The molecule has 2 N–H and O–H groups in total. The lowest BCUT2D eigenvalue weighted by Crippen LogP contribution is -2.52. The minimum absolute atomic E-state index is 0.0600. The summed E-state index contributed by atoms with van der Waals surface area (Å²) in [5.74, 6) is -0.312. The molecule has 0 spiro atoms. The van der Waals surface area contributed by atoms with Gasteiger partial charge >= 0.3 is 16.3 Å². The van der Waals surface area contributed by atoms with Gasteiger partial charge in [0.25, 0.3) is 0 Å². The lowest BCUT2D eigenvalue weighted by molar-refractivity contribution is -0.807. The fraction of sp³-hybridized carbons (Fsp3) is 0.769. The lowest BCUT2D eigenvalue weighted by atomic mass is 10.4. The van der Waals surface area contributed by atoms with Gasteiger partial charge in [-0.2, -0.15) is 3.89 Å². The van der Waals surface area contributed by atoms with Crippen molar-refractivity contribution >= 4 is 16.3 Å². The van der Waals surface area contributed by atoms with Crippen LogP contribution in [-0.2, 0) is 19.8 Å². The Hall–Kier alpha value is -0.960. The van der Waals surface area contributed by atoms with Gasteiger partial charge in [-0.1, -0.05) is 6.58 Å². The Morgan fingerprint density at radius 2 is 1.71 bits per heavy atom. The summed E-state index contributed by atoms with van der Waals surface area (Å²) in [5.41, 5.74) is 0.451. The van der Waals surface area contributed by atoms with Crippen molar-refractivity contribution < 1.29 is 31.5 Å². The largest absolute Gasteiger partial charge is 0.463 e. The zero-order valence-corrected chi connectivity index (χ0v) is 14.1. The van der Waals surface area contributed by atoms with Crippen LogP contribution in [0.5, 0.6) is 0 Å². The third kappa shape index (κ3) is 8.15. The molecule has 0 aromatic carbocycles. The topological polar surface area (TPSA) is 101 Å². The van der Waals surface area contributed by atoms with Crippen LogP contribution in [-0.4, -0.2) is 60.8 Å². The second-order valence-corrected chi connectivity index (χ2v) is 6.11. The number of rotatable bonds is 8. The maximum atomic E-state index is 11.1. The van der Waals surface area contributed by atoms with Crippen molar-refractivity contribution in [1.29, 1.82) is 0 Å². The van der Waals surface area contributed by atoms with Gasteiger partial charge in [-0.15, -0.1) is 8.42 Å². The summed E-state index contributed by atoms with van der Waals surface area (Å²) < 4.78 is 35.3. The molecule has 7 nitrogen and oxygen atoms in total. The Bertz CT molecular complexity index is 414. The molecule has 0 fully saturated rings. The zero-order chi connectivity index (χ0) is 17.1. The van der Waals surface area contributed by atoms with E-state index in [0.29, 0.717) is 31.7 Å². The second-order valence-electron chi connectivity index (χ2n) is 4.44. The molecule has 0 aliphatic heterocycles. The van der Waals surface area contributed by atoms with Crippen LogP contribution in [0.15, 0.2) is 12.2 Å². The van der Waals surface area contributed by atoms with E-state index in [0.717, 1.165) is 0 Å². The molecule has 0 amide bonds. The second kappa shape index (κ2) is 10.7. The van der Waals surface area contributed by atoms with E-state index in [-0.39, 0.29) is 23.0 Å². The van der Waals surface area contributed by atoms with Crippen LogP contribution in [0.2, 0.25) is 0 Å². The van der Waals surface area contributed by atoms with Gasteiger partial charge in [0.2, 0.25) is 0 Å². The summed E-state index contributed by atoms with van der Waals surface area (Å²) in [5, 5.41) is 8.60. The molecule has 0 rings (SSSR count). The van der Waals surface area contributed by atoms with Gasteiger partial charge in [-0.05, 0) is 27.7 Å². The Morgan fingerprint density at radius 1 is 1.24 bits per heavy atom. The molecule has 0 radical (unpaired) electrons. The van der Waals surface area contributed by atoms with Gasteiger partial charge < -0.3 is 9.84 Å². The molecule has 8 heteroatoms. The molecule has 0 saturated heterocycles. The number of ether oxygens (including phenoxy) is 1. The number of carbonyl (C=O) groups is 1. The van der Waals surface area contributed by atoms with Crippen LogP contribution >= 0.6 is 0 Å². The van der Waals surface area contributed by atoms with Crippen LogP contribution < -0.4 is 0 Å². The number of esters is 1. The van der Waals surface area contributed by atoms with E-state index in [1.165, 1.54) is 0 Å². The zero-order valence-electron chi connectivity index (χ0n) is 13.3. The molecule has 0 atom stereocenters. The van der Waals surface area contributed by atoms with Gasteiger partial charge in [-0.3, -0.25) is 0 Å². The molecule has 0 aromatic heterocycles. The van der Waals surface area contributed by atoms with Crippen molar-refractivity contribution in [2.24, 2.45) is 0 Å². The Morgan fingerprint density at radius 3 is 1.90 bits per heavy atom. The van der Waals surface area contributed by atoms with Crippen LogP contribution in [0.1, 0.15) is 34.1 Å². The third-order valence-electron chi connectivity index (χ3n) is 2.99. The maximum absolute atomic E-state index is 11.1. The molecule has 0 aromatic rings. The molecule has 0 unspecified atom stereocenters. The highest BCUT2D eigenvalue weighted by molar-refractivity contribution is 7.80. The van der Waals surface area contributed by atoms with Gasteiger partial charge in [0.15, 0.2) is 0 Å². The molecule has 21 heavy (non-hydrogen) atoms. The highest BCUT2D eigenvalue weighted by Gasteiger charge is 2.36. The van der Waals surface area contributed by atoms with Crippen LogP contribution in [0.25, 0.3) is 0 Å². The van der Waals surface area contributed by atoms with Crippen molar-refractivity contribution in [2.45, 2.75) is 34.1 Å². The number of hydrogen-bond acceptors (Lipinski definition) is 5. The molecule has 0 bridgehead atoms. The summed E-state index contributed by atoms with van der Waals surface area (Å²) in [6.07, 6.45) is 0.376. The first-order valence-corrected chi connectivity index (χ1v) is 8.28. The van der Waals surface area contributed by atoms with Crippen LogP contribution in [0, 0.1) is 0 Å². The first-order valence-electron chi connectivity index (χ1n) is 6.89. The first-order chi connectivity index (χ1) is 9.61. The van der Waals surface area contributed by atoms with Crippen LogP contribution in [0.4, 0.5) is 0 Å². The van der Waals surface area contributed by atoms with E-state index in [2.05, 4.69) is 11.3 Å². The SMILES string of the molecule is C=C(C)C(=O)OCC.CC[N+](CC)(CCCO)S(=O)(=O)O. The van der Waals surface area contributed by atoms with Crippen molar-refractivity contribution in [3.05, 3.63) is 12.2 Å².